The molecule has 1 aromatic heterocycles. The van der Waals surface area contributed by atoms with Crippen molar-refractivity contribution in [3.63, 3.8) is 0 Å². The minimum Gasteiger partial charge on any atom is -0.493 e. The van der Waals surface area contributed by atoms with Crippen molar-refractivity contribution in [3.8, 4) is 22.9 Å². The average molecular weight is 431 g/mol. The quantitative estimate of drug-likeness (QED) is 0.409. The normalized spacial score (nSPS) is 10.8. The third-order valence-electron chi connectivity index (χ3n) is 5.39. The summed E-state index contributed by atoms with van der Waals surface area (Å²) in [4.78, 5) is 19.2. The zero-order valence-electron chi connectivity index (χ0n) is 18.4. The summed E-state index contributed by atoms with van der Waals surface area (Å²) in [6, 6.07) is 19.5. The van der Waals surface area contributed by atoms with Gasteiger partial charge in [0, 0.05) is 12.1 Å². The SMILES string of the molecule is CCN(Cc1nc(-c2ccc(OC)c(OC)c2)no1)C(=O)Cc1cccc2ccccc12. The van der Waals surface area contributed by atoms with Gasteiger partial charge in [-0.15, -0.1) is 0 Å². The van der Waals surface area contributed by atoms with Crippen LogP contribution in [0, 0.1) is 0 Å². The molecule has 0 radical (unpaired) electrons. The number of rotatable bonds is 8. The molecule has 1 amide bonds. The standard InChI is InChI=1S/C25H25N3O4/c1-4-28(24(29)15-18-10-7-9-17-8-5-6-11-20(17)18)16-23-26-25(27-32-23)19-12-13-21(30-2)22(14-19)31-3/h5-14H,4,15-16H2,1-3H3. The number of nitrogens with zero attached hydrogens (tertiary/aromatic N) is 3. The lowest BCUT2D eigenvalue weighted by molar-refractivity contribution is -0.131. The molecule has 0 spiro atoms. The fourth-order valence-corrected chi connectivity index (χ4v) is 3.67. The van der Waals surface area contributed by atoms with Crippen LogP contribution in [-0.2, 0) is 17.8 Å². The molecule has 32 heavy (non-hydrogen) atoms. The summed E-state index contributed by atoms with van der Waals surface area (Å²) in [5, 5.41) is 6.28. The van der Waals surface area contributed by atoms with Crippen LogP contribution < -0.4 is 9.47 Å². The first-order chi connectivity index (χ1) is 15.6. The summed E-state index contributed by atoms with van der Waals surface area (Å²) in [7, 11) is 3.16. The Balaban J connectivity index is 1.49. The number of ether oxygens (including phenoxy) is 2. The van der Waals surface area contributed by atoms with E-state index in [1.807, 2.05) is 43.3 Å². The Bertz CT molecular complexity index is 1230. The van der Waals surface area contributed by atoms with Crippen LogP contribution in [0.3, 0.4) is 0 Å². The van der Waals surface area contributed by atoms with E-state index in [-0.39, 0.29) is 12.5 Å². The third kappa shape index (κ3) is 4.42. The molecule has 0 atom stereocenters. The summed E-state index contributed by atoms with van der Waals surface area (Å²) < 4.78 is 16.0. The zero-order chi connectivity index (χ0) is 22.5. The van der Waals surface area contributed by atoms with Gasteiger partial charge in [-0.3, -0.25) is 4.79 Å². The second kappa shape index (κ2) is 9.51. The van der Waals surface area contributed by atoms with E-state index in [4.69, 9.17) is 14.0 Å². The second-order valence-corrected chi connectivity index (χ2v) is 7.30. The van der Waals surface area contributed by atoms with Gasteiger partial charge in [0.2, 0.25) is 17.6 Å². The van der Waals surface area contributed by atoms with Crippen LogP contribution in [0.25, 0.3) is 22.2 Å². The van der Waals surface area contributed by atoms with E-state index >= 15 is 0 Å². The maximum atomic E-state index is 13.0. The van der Waals surface area contributed by atoms with Crippen LogP contribution in [0.2, 0.25) is 0 Å². The maximum absolute atomic E-state index is 13.0. The number of carbonyl (C=O) groups is 1. The topological polar surface area (TPSA) is 77.7 Å². The van der Waals surface area contributed by atoms with Gasteiger partial charge in [-0.2, -0.15) is 4.98 Å². The van der Waals surface area contributed by atoms with Crippen molar-refractivity contribution in [1.82, 2.24) is 15.0 Å². The van der Waals surface area contributed by atoms with Crippen LogP contribution >= 0.6 is 0 Å². The molecule has 0 bridgehead atoms. The molecular formula is C25H25N3O4. The predicted octanol–water partition coefficient (Wildman–Crippen LogP) is 4.50. The van der Waals surface area contributed by atoms with Crippen molar-refractivity contribution in [3.05, 3.63) is 72.1 Å². The summed E-state index contributed by atoms with van der Waals surface area (Å²) in [6.07, 6.45) is 0.311. The molecule has 0 aliphatic heterocycles. The second-order valence-electron chi connectivity index (χ2n) is 7.30. The number of hydrogen-bond acceptors (Lipinski definition) is 6. The zero-order valence-corrected chi connectivity index (χ0v) is 18.4. The summed E-state index contributed by atoms with van der Waals surface area (Å²) in [6.45, 7) is 2.73. The Hall–Kier alpha value is -3.87. The molecule has 164 valence electrons. The summed E-state index contributed by atoms with van der Waals surface area (Å²) in [5.41, 5.74) is 1.74. The minimum atomic E-state index is 0.00900. The number of fused-ring (bicyclic) bond motifs is 1. The van der Waals surface area contributed by atoms with Gasteiger partial charge < -0.3 is 18.9 Å². The first kappa shape index (κ1) is 21.4. The first-order valence-electron chi connectivity index (χ1n) is 10.4. The number of likely N-dealkylation sites (N-methyl/N-ethyl adjacent to an activating group) is 1. The molecule has 7 nitrogen and oxygen atoms in total. The van der Waals surface area contributed by atoms with Crippen LogP contribution in [0.15, 0.2) is 65.2 Å². The fourth-order valence-electron chi connectivity index (χ4n) is 3.67. The highest BCUT2D eigenvalue weighted by atomic mass is 16.5. The van der Waals surface area contributed by atoms with Gasteiger partial charge in [0.1, 0.15) is 0 Å². The smallest absolute Gasteiger partial charge is 0.246 e. The first-order valence-corrected chi connectivity index (χ1v) is 10.4. The molecule has 0 saturated carbocycles. The highest BCUT2D eigenvalue weighted by Crippen LogP contribution is 2.31. The van der Waals surface area contributed by atoms with E-state index in [0.717, 1.165) is 21.9 Å². The molecule has 0 fully saturated rings. The molecule has 1 heterocycles. The van der Waals surface area contributed by atoms with E-state index in [0.29, 0.717) is 36.2 Å². The van der Waals surface area contributed by atoms with Crippen molar-refractivity contribution in [1.29, 1.82) is 0 Å². The molecular weight excluding hydrogens is 406 g/mol. The van der Waals surface area contributed by atoms with Crippen molar-refractivity contribution in [2.75, 3.05) is 20.8 Å². The highest BCUT2D eigenvalue weighted by molar-refractivity contribution is 5.90. The van der Waals surface area contributed by atoms with E-state index in [2.05, 4.69) is 22.3 Å². The molecule has 0 saturated heterocycles. The fraction of sp³-hybridized carbons (Fsp3) is 0.240. The Morgan fingerprint density at radius 3 is 2.56 bits per heavy atom. The maximum Gasteiger partial charge on any atom is 0.246 e. The van der Waals surface area contributed by atoms with Gasteiger partial charge in [0.25, 0.3) is 0 Å². The molecule has 0 unspecified atom stereocenters. The molecule has 4 rings (SSSR count). The van der Waals surface area contributed by atoms with Crippen molar-refractivity contribution >= 4 is 16.7 Å². The van der Waals surface area contributed by atoms with Crippen molar-refractivity contribution < 1.29 is 18.8 Å². The number of hydrogen-bond donors (Lipinski definition) is 0. The largest absolute Gasteiger partial charge is 0.493 e. The van der Waals surface area contributed by atoms with Crippen LogP contribution in [-0.4, -0.2) is 41.7 Å². The Kier molecular flexibility index (Phi) is 6.35. The van der Waals surface area contributed by atoms with Gasteiger partial charge in [-0.25, -0.2) is 0 Å². The summed E-state index contributed by atoms with van der Waals surface area (Å²) in [5.74, 6) is 2.02. The third-order valence-corrected chi connectivity index (χ3v) is 5.39. The van der Waals surface area contributed by atoms with Crippen LogP contribution in [0.1, 0.15) is 18.4 Å². The van der Waals surface area contributed by atoms with E-state index in [9.17, 15) is 4.79 Å². The molecule has 0 N–H and O–H groups in total. The van der Waals surface area contributed by atoms with Crippen LogP contribution in [0.4, 0.5) is 0 Å². The number of methoxy groups -OCH3 is 2. The van der Waals surface area contributed by atoms with Crippen molar-refractivity contribution in [2.24, 2.45) is 0 Å². The lowest BCUT2D eigenvalue weighted by Crippen LogP contribution is -2.31. The Morgan fingerprint density at radius 2 is 1.78 bits per heavy atom. The molecule has 0 aliphatic carbocycles. The number of benzene rings is 3. The van der Waals surface area contributed by atoms with Gasteiger partial charge in [-0.1, -0.05) is 47.6 Å². The van der Waals surface area contributed by atoms with E-state index in [1.165, 1.54) is 0 Å². The Morgan fingerprint density at radius 1 is 1.00 bits per heavy atom. The van der Waals surface area contributed by atoms with Gasteiger partial charge >= 0.3 is 0 Å². The Labute approximate surface area is 186 Å². The summed E-state index contributed by atoms with van der Waals surface area (Å²) >= 11 is 0. The number of amides is 1. The predicted molar refractivity (Wildman–Crippen MR) is 122 cm³/mol. The lowest BCUT2D eigenvalue weighted by atomic mass is 10.0. The number of aromatic nitrogens is 2. The van der Waals surface area contributed by atoms with E-state index < -0.39 is 0 Å². The van der Waals surface area contributed by atoms with Gasteiger partial charge in [-0.05, 0) is 41.5 Å². The van der Waals surface area contributed by atoms with E-state index in [1.54, 1.807) is 31.3 Å². The molecule has 4 aromatic rings. The minimum absolute atomic E-state index is 0.00900. The monoisotopic (exact) mass is 431 g/mol. The lowest BCUT2D eigenvalue weighted by Gasteiger charge is -2.19. The molecule has 0 aliphatic rings. The number of carbonyl (C=O) groups excluding carboxylic acids is 1. The highest BCUT2D eigenvalue weighted by Gasteiger charge is 2.18. The molecule has 7 heteroatoms. The van der Waals surface area contributed by atoms with Crippen molar-refractivity contribution in [2.45, 2.75) is 19.9 Å². The molecule has 3 aromatic carbocycles. The van der Waals surface area contributed by atoms with Gasteiger partial charge in [0.15, 0.2) is 11.5 Å². The van der Waals surface area contributed by atoms with Gasteiger partial charge in [0.05, 0.1) is 27.2 Å². The average Bonchev–Trinajstić information content (AvgIpc) is 3.31. The van der Waals surface area contributed by atoms with Crippen LogP contribution in [0.5, 0.6) is 11.5 Å².